The molecule has 0 N–H and O–H groups in total. The van der Waals surface area contributed by atoms with Crippen LogP contribution in [-0.4, -0.2) is 65.8 Å². The van der Waals surface area contributed by atoms with Crippen molar-refractivity contribution in [3.05, 3.63) is 92.7 Å². The minimum Gasteiger partial charge on any atom is -0.340 e. The van der Waals surface area contributed by atoms with Crippen molar-refractivity contribution in [3.8, 4) is 0 Å². The number of amides is 2. The molecule has 0 aliphatic carbocycles. The van der Waals surface area contributed by atoms with E-state index in [4.69, 9.17) is 0 Å². The summed E-state index contributed by atoms with van der Waals surface area (Å²) in [5, 5.41) is 2.12. The van der Waals surface area contributed by atoms with E-state index in [0.29, 0.717) is 39.1 Å². The van der Waals surface area contributed by atoms with E-state index in [-0.39, 0.29) is 23.4 Å². The molecule has 2 aliphatic rings. The lowest BCUT2D eigenvalue weighted by Crippen LogP contribution is -2.45. The lowest BCUT2D eigenvalue weighted by Gasteiger charge is -2.37. The van der Waals surface area contributed by atoms with Crippen LogP contribution in [0.5, 0.6) is 0 Å². The minimum absolute atomic E-state index is 0.0277. The molecular formula is C29H30F3N3O2S. The molecule has 9 heteroatoms. The third kappa shape index (κ3) is 5.49. The van der Waals surface area contributed by atoms with Crippen LogP contribution in [0.15, 0.2) is 60.0 Å². The van der Waals surface area contributed by atoms with E-state index >= 15 is 0 Å². The molecular weight excluding hydrogens is 511 g/mol. The Bertz CT molecular complexity index is 1300. The van der Waals surface area contributed by atoms with Gasteiger partial charge in [0.05, 0.1) is 18.2 Å². The van der Waals surface area contributed by atoms with Crippen LogP contribution in [0.25, 0.3) is 0 Å². The normalized spacial score (nSPS) is 18.7. The Balaban J connectivity index is 1.25. The number of hydrogen-bond acceptors (Lipinski definition) is 4. The highest BCUT2D eigenvalue weighted by Gasteiger charge is 2.34. The zero-order valence-electron chi connectivity index (χ0n) is 21.2. The molecule has 38 heavy (non-hydrogen) atoms. The number of carbonyl (C=O) groups excluding carboxylic acids is 2. The second-order valence-electron chi connectivity index (χ2n) is 9.88. The van der Waals surface area contributed by atoms with Crippen molar-refractivity contribution in [2.45, 2.75) is 32.0 Å². The van der Waals surface area contributed by atoms with Gasteiger partial charge < -0.3 is 9.80 Å². The van der Waals surface area contributed by atoms with Crippen LogP contribution in [0.3, 0.4) is 0 Å². The van der Waals surface area contributed by atoms with Crippen molar-refractivity contribution in [1.82, 2.24) is 14.7 Å². The van der Waals surface area contributed by atoms with Gasteiger partial charge in [0.2, 0.25) is 5.91 Å². The highest BCUT2D eigenvalue weighted by atomic mass is 32.1. The van der Waals surface area contributed by atoms with Crippen molar-refractivity contribution in [3.63, 3.8) is 0 Å². The molecule has 200 valence electrons. The number of hydrogen-bond donors (Lipinski definition) is 0. The summed E-state index contributed by atoms with van der Waals surface area (Å²) in [6.07, 6.45) is -2.91. The second-order valence-corrected chi connectivity index (χ2v) is 10.9. The van der Waals surface area contributed by atoms with Gasteiger partial charge in [-0.2, -0.15) is 13.2 Å². The molecule has 0 spiro atoms. The van der Waals surface area contributed by atoms with Crippen molar-refractivity contribution < 1.29 is 22.8 Å². The first kappa shape index (κ1) is 26.4. The van der Waals surface area contributed by atoms with Crippen LogP contribution in [0.4, 0.5) is 13.2 Å². The number of aryl methyl sites for hydroxylation is 1. The summed E-state index contributed by atoms with van der Waals surface area (Å²) >= 11 is 1.77. The Labute approximate surface area is 224 Å². The molecule has 1 saturated heterocycles. The van der Waals surface area contributed by atoms with Gasteiger partial charge in [-0.3, -0.25) is 14.5 Å². The molecule has 0 bridgehead atoms. The maximum atomic E-state index is 13.5. The fraction of sp³-hybridized carbons (Fsp3) is 0.379. The number of thiophene rings is 1. The number of rotatable bonds is 4. The predicted octanol–water partition coefficient (Wildman–Crippen LogP) is 5.40. The first-order valence-corrected chi connectivity index (χ1v) is 13.7. The first-order valence-electron chi connectivity index (χ1n) is 12.8. The van der Waals surface area contributed by atoms with Crippen molar-refractivity contribution in [2.24, 2.45) is 0 Å². The number of benzene rings is 2. The SMILES string of the molecule is Cc1ccccc1[C@@H]1c2ccsc2CCN1CC(=O)N1CCCN(C(=O)c2ccc(C(F)(F)F)cc2)CC1. The van der Waals surface area contributed by atoms with E-state index in [2.05, 4.69) is 35.4 Å². The van der Waals surface area contributed by atoms with Gasteiger partial charge in [0, 0.05) is 43.2 Å². The molecule has 0 saturated carbocycles. The molecule has 1 atom stereocenters. The summed E-state index contributed by atoms with van der Waals surface area (Å²) < 4.78 is 38.6. The van der Waals surface area contributed by atoms with Gasteiger partial charge in [-0.05, 0) is 72.2 Å². The van der Waals surface area contributed by atoms with Gasteiger partial charge in [0.1, 0.15) is 0 Å². The number of alkyl halides is 3. The van der Waals surface area contributed by atoms with Gasteiger partial charge in [-0.15, -0.1) is 11.3 Å². The minimum atomic E-state index is -4.44. The quantitative estimate of drug-likeness (QED) is 0.445. The Hall–Kier alpha value is -3.17. The number of halogens is 3. The highest BCUT2D eigenvalue weighted by Crippen LogP contribution is 2.38. The largest absolute Gasteiger partial charge is 0.416 e. The van der Waals surface area contributed by atoms with Gasteiger partial charge in [-0.1, -0.05) is 24.3 Å². The summed E-state index contributed by atoms with van der Waals surface area (Å²) in [6.45, 7) is 4.94. The van der Waals surface area contributed by atoms with E-state index in [1.54, 1.807) is 16.2 Å². The van der Waals surface area contributed by atoms with Gasteiger partial charge in [-0.25, -0.2) is 0 Å². The topological polar surface area (TPSA) is 43.9 Å². The van der Waals surface area contributed by atoms with Crippen molar-refractivity contribution >= 4 is 23.2 Å². The Kier molecular flexibility index (Phi) is 7.59. The summed E-state index contributed by atoms with van der Waals surface area (Å²) in [6, 6.07) is 14.8. The monoisotopic (exact) mass is 541 g/mol. The Morgan fingerprint density at radius 3 is 2.34 bits per heavy atom. The maximum absolute atomic E-state index is 13.5. The molecule has 1 fully saturated rings. The standard InChI is InChI=1S/C29H30F3N3O2S/c1-20-5-2-3-6-23(20)27-24-12-18-38-25(24)11-15-35(27)19-26(36)33-13-4-14-34(17-16-33)28(37)21-7-9-22(10-8-21)29(30,31)32/h2-3,5-10,12,18,27H,4,11,13-17,19H2,1H3/t27-/m1/s1. The molecule has 0 radical (unpaired) electrons. The van der Waals surface area contributed by atoms with Crippen LogP contribution < -0.4 is 0 Å². The molecule has 5 nitrogen and oxygen atoms in total. The smallest absolute Gasteiger partial charge is 0.340 e. The first-order chi connectivity index (χ1) is 18.2. The fourth-order valence-electron chi connectivity index (χ4n) is 5.42. The van der Waals surface area contributed by atoms with E-state index < -0.39 is 11.7 Å². The van der Waals surface area contributed by atoms with E-state index in [0.717, 1.165) is 25.1 Å². The van der Waals surface area contributed by atoms with Gasteiger partial charge >= 0.3 is 6.18 Å². The van der Waals surface area contributed by atoms with Gasteiger partial charge in [0.15, 0.2) is 0 Å². The van der Waals surface area contributed by atoms with E-state index in [1.165, 1.54) is 33.7 Å². The average Bonchev–Trinajstić information content (AvgIpc) is 3.24. The zero-order chi connectivity index (χ0) is 26.9. The van der Waals surface area contributed by atoms with Crippen molar-refractivity contribution in [1.29, 1.82) is 0 Å². The molecule has 3 heterocycles. The van der Waals surface area contributed by atoms with Crippen LogP contribution in [-0.2, 0) is 17.4 Å². The average molecular weight is 542 g/mol. The molecule has 3 aromatic rings. The van der Waals surface area contributed by atoms with Crippen molar-refractivity contribution in [2.75, 3.05) is 39.3 Å². The second kappa shape index (κ2) is 10.9. The molecule has 2 amide bonds. The van der Waals surface area contributed by atoms with E-state index in [1.807, 2.05) is 17.0 Å². The van der Waals surface area contributed by atoms with Crippen LogP contribution >= 0.6 is 11.3 Å². The number of fused-ring (bicyclic) bond motifs is 1. The Morgan fingerprint density at radius 1 is 0.895 bits per heavy atom. The molecule has 5 rings (SSSR count). The molecule has 2 aliphatic heterocycles. The fourth-order valence-corrected chi connectivity index (χ4v) is 6.33. The summed E-state index contributed by atoms with van der Waals surface area (Å²) in [7, 11) is 0. The summed E-state index contributed by atoms with van der Waals surface area (Å²) in [5.41, 5.74) is 3.12. The highest BCUT2D eigenvalue weighted by molar-refractivity contribution is 7.10. The third-order valence-corrected chi connectivity index (χ3v) is 8.48. The molecule has 2 aromatic carbocycles. The number of carbonyl (C=O) groups is 2. The Morgan fingerprint density at radius 2 is 1.61 bits per heavy atom. The summed E-state index contributed by atoms with van der Waals surface area (Å²) in [4.78, 5) is 33.5. The molecule has 0 unspecified atom stereocenters. The van der Waals surface area contributed by atoms with Crippen LogP contribution in [0.1, 0.15) is 50.0 Å². The lowest BCUT2D eigenvalue weighted by atomic mass is 9.90. The third-order valence-electron chi connectivity index (χ3n) is 7.48. The predicted molar refractivity (Wildman–Crippen MR) is 141 cm³/mol. The van der Waals surface area contributed by atoms with Gasteiger partial charge in [0.25, 0.3) is 5.91 Å². The number of nitrogens with zero attached hydrogens (tertiary/aromatic N) is 3. The molecule has 1 aromatic heterocycles. The lowest BCUT2D eigenvalue weighted by molar-refractivity contribution is -0.137. The zero-order valence-corrected chi connectivity index (χ0v) is 22.0. The summed E-state index contributed by atoms with van der Waals surface area (Å²) in [5.74, 6) is -0.278. The van der Waals surface area contributed by atoms with Crippen LogP contribution in [0, 0.1) is 6.92 Å². The van der Waals surface area contributed by atoms with Crippen LogP contribution in [0.2, 0.25) is 0 Å². The van der Waals surface area contributed by atoms with E-state index in [9.17, 15) is 22.8 Å². The maximum Gasteiger partial charge on any atom is 0.416 e.